The highest BCUT2D eigenvalue weighted by molar-refractivity contribution is 5.32. The zero-order valence-corrected chi connectivity index (χ0v) is 15.2. The Bertz CT molecular complexity index is 523. The van der Waals surface area contributed by atoms with E-state index in [4.69, 9.17) is 9.47 Å². The third kappa shape index (κ3) is 3.53. The molecule has 5 heteroatoms. The number of hydrogen-bond acceptors (Lipinski definition) is 4. The SMILES string of the molecule is CCOCC1(COCC)CCC(c2c(CO)nn3c2CCC3)CC1. The molecule has 2 aliphatic rings. The highest BCUT2D eigenvalue weighted by Gasteiger charge is 2.38. The number of fused-ring (bicyclic) bond motifs is 1. The summed E-state index contributed by atoms with van der Waals surface area (Å²) in [7, 11) is 0. The molecule has 0 atom stereocenters. The highest BCUT2D eigenvalue weighted by atomic mass is 16.5. The lowest BCUT2D eigenvalue weighted by Gasteiger charge is -2.40. The van der Waals surface area contributed by atoms with Gasteiger partial charge in [0.25, 0.3) is 0 Å². The van der Waals surface area contributed by atoms with Gasteiger partial charge in [0.1, 0.15) is 0 Å². The maximum atomic E-state index is 9.73. The summed E-state index contributed by atoms with van der Waals surface area (Å²) in [5, 5.41) is 14.4. The third-order valence-electron chi connectivity index (χ3n) is 5.79. The van der Waals surface area contributed by atoms with Gasteiger partial charge in [-0.1, -0.05) is 0 Å². The fraction of sp³-hybridized carbons (Fsp3) is 0.842. The Kier molecular flexibility index (Phi) is 5.95. The first-order valence-corrected chi connectivity index (χ1v) is 9.58. The Labute approximate surface area is 145 Å². The largest absolute Gasteiger partial charge is 0.390 e. The number of hydrogen-bond donors (Lipinski definition) is 1. The number of rotatable bonds is 8. The first kappa shape index (κ1) is 17.9. The van der Waals surface area contributed by atoms with Crippen LogP contribution in [0.5, 0.6) is 0 Å². The van der Waals surface area contributed by atoms with E-state index in [0.717, 1.165) is 70.8 Å². The average molecular weight is 336 g/mol. The van der Waals surface area contributed by atoms with Crippen LogP contribution in [0.3, 0.4) is 0 Å². The molecule has 1 aromatic rings. The highest BCUT2D eigenvalue weighted by Crippen LogP contribution is 2.45. The van der Waals surface area contributed by atoms with Gasteiger partial charge >= 0.3 is 0 Å². The lowest BCUT2D eigenvalue weighted by molar-refractivity contribution is -0.0396. The monoisotopic (exact) mass is 336 g/mol. The maximum Gasteiger partial charge on any atom is 0.0916 e. The molecular formula is C19H32N2O3. The zero-order valence-electron chi connectivity index (χ0n) is 15.2. The van der Waals surface area contributed by atoms with Gasteiger partial charge in [-0.25, -0.2) is 0 Å². The van der Waals surface area contributed by atoms with Crippen molar-refractivity contribution in [1.29, 1.82) is 0 Å². The molecule has 0 aromatic carbocycles. The number of aliphatic hydroxyl groups is 1. The summed E-state index contributed by atoms with van der Waals surface area (Å²) in [4.78, 5) is 0. The summed E-state index contributed by atoms with van der Waals surface area (Å²) in [6.07, 6.45) is 6.85. The van der Waals surface area contributed by atoms with Gasteiger partial charge in [-0.05, 0) is 58.3 Å². The van der Waals surface area contributed by atoms with Crippen LogP contribution in [-0.2, 0) is 29.0 Å². The van der Waals surface area contributed by atoms with Crippen LogP contribution in [-0.4, -0.2) is 41.3 Å². The normalized spacial score (nSPS) is 20.5. The summed E-state index contributed by atoms with van der Waals surface area (Å²) >= 11 is 0. The second kappa shape index (κ2) is 7.98. The predicted molar refractivity (Wildman–Crippen MR) is 93.1 cm³/mol. The Morgan fingerprint density at radius 1 is 1.17 bits per heavy atom. The molecule has 0 saturated heterocycles. The van der Waals surface area contributed by atoms with E-state index >= 15 is 0 Å². The molecule has 136 valence electrons. The minimum Gasteiger partial charge on any atom is -0.390 e. The molecule has 1 aliphatic carbocycles. The van der Waals surface area contributed by atoms with Crippen LogP contribution in [0.25, 0.3) is 0 Å². The molecule has 5 nitrogen and oxygen atoms in total. The molecule has 0 radical (unpaired) electrons. The van der Waals surface area contributed by atoms with Crippen molar-refractivity contribution in [3.05, 3.63) is 17.0 Å². The minimum absolute atomic E-state index is 0.0644. The van der Waals surface area contributed by atoms with Crippen molar-refractivity contribution in [3.8, 4) is 0 Å². The van der Waals surface area contributed by atoms with E-state index < -0.39 is 0 Å². The zero-order chi connectivity index (χ0) is 17.0. The van der Waals surface area contributed by atoms with Gasteiger partial charge in [0.2, 0.25) is 0 Å². The fourth-order valence-corrected chi connectivity index (χ4v) is 4.48. The average Bonchev–Trinajstić information content (AvgIpc) is 3.19. The lowest BCUT2D eigenvalue weighted by Crippen LogP contribution is -2.36. The first-order chi connectivity index (χ1) is 11.7. The van der Waals surface area contributed by atoms with Gasteiger partial charge in [0, 0.05) is 36.4 Å². The van der Waals surface area contributed by atoms with E-state index in [0.29, 0.717) is 5.92 Å². The summed E-state index contributed by atoms with van der Waals surface area (Å²) in [5.41, 5.74) is 3.82. The van der Waals surface area contributed by atoms with Crippen LogP contribution >= 0.6 is 0 Å². The van der Waals surface area contributed by atoms with Crippen molar-refractivity contribution in [3.63, 3.8) is 0 Å². The third-order valence-corrected chi connectivity index (χ3v) is 5.79. The van der Waals surface area contributed by atoms with Crippen LogP contribution in [0, 0.1) is 5.41 Å². The van der Waals surface area contributed by atoms with E-state index in [9.17, 15) is 5.11 Å². The minimum atomic E-state index is 0.0644. The van der Waals surface area contributed by atoms with E-state index in [2.05, 4.69) is 23.6 Å². The van der Waals surface area contributed by atoms with Crippen molar-refractivity contribution in [1.82, 2.24) is 9.78 Å². The molecule has 0 amide bonds. The second-order valence-corrected chi connectivity index (χ2v) is 7.34. The Balaban J connectivity index is 1.71. The summed E-state index contributed by atoms with van der Waals surface area (Å²) in [5.74, 6) is 0.533. The number of nitrogens with zero attached hydrogens (tertiary/aromatic N) is 2. The molecule has 1 saturated carbocycles. The summed E-state index contributed by atoms with van der Waals surface area (Å²) < 4.78 is 13.7. The molecular weight excluding hydrogens is 304 g/mol. The molecule has 0 spiro atoms. The van der Waals surface area contributed by atoms with Gasteiger partial charge in [0.05, 0.1) is 25.5 Å². The summed E-state index contributed by atoms with van der Waals surface area (Å²) in [6, 6.07) is 0. The molecule has 1 N–H and O–H groups in total. The Morgan fingerprint density at radius 3 is 2.42 bits per heavy atom. The second-order valence-electron chi connectivity index (χ2n) is 7.34. The molecule has 2 heterocycles. The van der Waals surface area contributed by atoms with Gasteiger partial charge in [-0.3, -0.25) is 4.68 Å². The van der Waals surface area contributed by atoms with Crippen LogP contribution < -0.4 is 0 Å². The van der Waals surface area contributed by atoms with E-state index in [1.165, 1.54) is 17.7 Å². The molecule has 3 rings (SSSR count). The van der Waals surface area contributed by atoms with Crippen molar-refractivity contribution < 1.29 is 14.6 Å². The van der Waals surface area contributed by atoms with E-state index in [1.807, 2.05) is 0 Å². The van der Waals surface area contributed by atoms with Crippen molar-refractivity contribution in [2.24, 2.45) is 5.41 Å². The van der Waals surface area contributed by atoms with E-state index in [-0.39, 0.29) is 12.0 Å². The van der Waals surface area contributed by atoms with Gasteiger partial charge in [-0.2, -0.15) is 5.10 Å². The number of aromatic nitrogens is 2. The maximum absolute atomic E-state index is 9.73. The smallest absolute Gasteiger partial charge is 0.0916 e. The summed E-state index contributed by atoms with van der Waals surface area (Å²) in [6.45, 7) is 8.33. The van der Waals surface area contributed by atoms with E-state index in [1.54, 1.807) is 0 Å². The standard InChI is InChI=1S/C19H32N2O3/c1-3-23-13-19(14-24-4-2)9-7-15(8-10-19)18-16(12-22)20-21-11-5-6-17(18)21/h15,22H,3-14H2,1-2H3. The van der Waals surface area contributed by atoms with Crippen molar-refractivity contribution in [2.45, 2.75) is 71.4 Å². The molecule has 1 aromatic heterocycles. The van der Waals surface area contributed by atoms with Crippen LogP contribution in [0.1, 0.15) is 68.8 Å². The van der Waals surface area contributed by atoms with Gasteiger partial charge in [0.15, 0.2) is 0 Å². The molecule has 0 unspecified atom stereocenters. The lowest BCUT2D eigenvalue weighted by atomic mass is 9.69. The van der Waals surface area contributed by atoms with Crippen LogP contribution in [0.15, 0.2) is 0 Å². The number of ether oxygens (including phenoxy) is 2. The molecule has 1 fully saturated rings. The quantitative estimate of drug-likeness (QED) is 0.793. The first-order valence-electron chi connectivity index (χ1n) is 9.58. The molecule has 1 aliphatic heterocycles. The number of aliphatic hydroxyl groups excluding tert-OH is 1. The van der Waals surface area contributed by atoms with Crippen molar-refractivity contribution >= 4 is 0 Å². The fourth-order valence-electron chi connectivity index (χ4n) is 4.48. The predicted octanol–water partition coefficient (Wildman–Crippen LogP) is 3.04. The topological polar surface area (TPSA) is 56.5 Å². The Hall–Kier alpha value is -0.910. The van der Waals surface area contributed by atoms with Crippen LogP contribution in [0.2, 0.25) is 0 Å². The van der Waals surface area contributed by atoms with Crippen molar-refractivity contribution in [2.75, 3.05) is 26.4 Å². The van der Waals surface area contributed by atoms with Gasteiger partial charge in [-0.15, -0.1) is 0 Å². The molecule has 0 bridgehead atoms. The molecule has 24 heavy (non-hydrogen) atoms. The Morgan fingerprint density at radius 2 is 1.83 bits per heavy atom. The number of aryl methyl sites for hydroxylation is 1. The van der Waals surface area contributed by atoms with Gasteiger partial charge < -0.3 is 14.6 Å². The van der Waals surface area contributed by atoms with Crippen LogP contribution in [0.4, 0.5) is 0 Å².